The molecule has 4 N–H and O–H groups in total. The molecule has 2 heterocycles. The van der Waals surface area contributed by atoms with E-state index < -0.39 is 0 Å². The van der Waals surface area contributed by atoms with Crippen molar-refractivity contribution in [3.05, 3.63) is 30.1 Å². The molecule has 5 atom stereocenters. The number of nitrogens with one attached hydrogen (secondary N) is 4. The molecule has 7 nitrogen and oxygen atoms in total. The van der Waals surface area contributed by atoms with E-state index >= 15 is 0 Å². The van der Waals surface area contributed by atoms with Crippen molar-refractivity contribution in [2.45, 2.75) is 94.5 Å². The summed E-state index contributed by atoms with van der Waals surface area (Å²) in [5.41, 5.74) is 3.94. The van der Waals surface area contributed by atoms with E-state index in [1.54, 1.807) is 12.1 Å². The van der Waals surface area contributed by atoms with Crippen molar-refractivity contribution in [1.29, 1.82) is 0 Å². The topological polar surface area (TPSA) is 77.7 Å². The first-order chi connectivity index (χ1) is 17.5. The third-order valence-corrected chi connectivity index (χ3v) is 9.68. The second-order valence-electron chi connectivity index (χ2n) is 12.1. The molecule has 36 heavy (non-hydrogen) atoms. The van der Waals surface area contributed by atoms with Gasteiger partial charge >= 0.3 is 0 Å². The van der Waals surface area contributed by atoms with Crippen molar-refractivity contribution in [2.24, 2.45) is 17.8 Å². The normalized spacial score (nSPS) is 38.7. The van der Waals surface area contributed by atoms with Gasteiger partial charge in [0.1, 0.15) is 11.6 Å². The summed E-state index contributed by atoms with van der Waals surface area (Å²) in [5, 5.41) is 13.7. The fraction of sp³-hybridized carbons (Fsp3) is 0.750. The number of hydrogen-bond donors (Lipinski definition) is 4. The Morgan fingerprint density at radius 1 is 1.11 bits per heavy atom. The zero-order valence-electron chi connectivity index (χ0n) is 21.5. The number of ether oxygens (including phenoxy) is 1. The number of fused-ring (bicyclic) bond motifs is 2. The molecule has 6 fully saturated rings. The summed E-state index contributed by atoms with van der Waals surface area (Å²) in [5.74, 6) is 2.10. The Balaban J connectivity index is 1.05. The first-order valence-corrected chi connectivity index (χ1v) is 14.2. The molecule has 1 aromatic carbocycles. The molecule has 1 aromatic rings. The highest BCUT2D eigenvalue weighted by Crippen LogP contribution is 2.52. The molecule has 8 heteroatoms. The van der Waals surface area contributed by atoms with Crippen molar-refractivity contribution < 1.29 is 13.9 Å². The van der Waals surface area contributed by atoms with Crippen LogP contribution in [-0.2, 0) is 4.79 Å². The summed E-state index contributed by atoms with van der Waals surface area (Å²) in [6.45, 7) is 4.39. The lowest BCUT2D eigenvalue weighted by Gasteiger charge is -2.48. The average molecular weight is 500 g/mol. The Kier molecular flexibility index (Phi) is 6.97. The van der Waals surface area contributed by atoms with Gasteiger partial charge in [-0.15, -0.1) is 0 Å². The summed E-state index contributed by atoms with van der Waals surface area (Å²) in [7, 11) is 0. The lowest BCUT2D eigenvalue weighted by atomic mass is 9.74. The highest BCUT2D eigenvalue weighted by Gasteiger charge is 2.59. The third kappa shape index (κ3) is 4.89. The maximum atomic E-state index is 13.1. The fourth-order valence-electron chi connectivity index (χ4n) is 8.12. The van der Waals surface area contributed by atoms with E-state index in [4.69, 9.17) is 4.74 Å². The largest absolute Gasteiger partial charge is 0.484 e. The van der Waals surface area contributed by atoms with Gasteiger partial charge in [0, 0.05) is 30.7 Å². The second kappa shape index (κ2) is 10.2. The Morgan fingerprint density at radius 2 is 1.86 bits per heavy atom. The lowest BCUT2D eigenvalue weighted by Crippen LogP contribution is -2.69. The van der Waals surface area contributed by atoms with Gasteiger partial charge in [-0.2, -0.15) is 0 Å². The first kappa shape index (κ1) is 24.6. The minimum Gasteiger partial charge on any atom is -0.484 e. The summed E-state index contributed by atoms with van der Waals surface area (Å²) in [6, 6.07) is 6.98. The molecule has 0 radical (unpaired) electrons. The fourth-order valence-corrected chi connectivity index (χ4v) is 8.12. The lowest BCUT2D eigenvalue weighted by molar-refractivity contribution is -0.124. The smallest absolute Gasteiger partial charge is 0.258 e. The van der Waals surface area contributed by atoms with Crippen molar-refractivity contribution in [1.82, 2.24) is 26.4 Å². The van der Waals surface area contributed by atoms with E-state index in [9.17, 15) is 9.18 Å². The Morgan fingerprint density at radius 3 is 2.61 bits per heavy atom. The Labute approximate surface area is 214 Å². The number of hydrazine groups is 1. The van der Waals surface area contributed by atoms with Crippen LogP contribution in [0, 0.1) is 23.6 Å². The van der Waals surface area contributed by atoms with Crippen LogP contribution in [-0.4, -0.2) is 60.4 Å². The highest BCUT2D eigenvalue weighted by atomic mass is 19.1. The van der Waals surface area contributed by atoms with E-state index in [1.165, 1.54) is 50.7 Å². The van der Waals surface area contributed by atoms with Crippen LogP contribution < -0.4 is 26.1 Å². The van der Waals surface area contributed by atoms with Crippen LogP contribution in [0.4, 0.5) is 4.39 Å². The van der Waals surface area contributed by atoms with Crippen molar-refractivity contribution in [3.8, 4) is 5.75 Å². The van der Waals surface area contributed by atoms with Gasteiger partial charge in [0.25, 0.3) is 5.91 Å². The molecule has 0 aromatic heterocycles. The molecular weight excluding hydrogens is 457 g/mol. The number of piperazine rings is 1. The summed E-state index contributed by atoms with van der Waals surface area (Å²) in [6.07, 6.45) is 11.8. The summed E-state index contributed by atoms with van der Waals surface area (Å²) < 4.78 is 18.6. The van der Waals surface area contributed by atoms with Gasteiger partial charge in [0.05, 0.1) is 12.2 Å². The molecule has 1 amide bonds. The van der Waals surface area contributed by atoms with Gasteiger partial charge in [-0.25, -0.2) is 9.40 Å². The number of benzene rings is 1. The summed E-state index contributed by atoms with van der Waals surface area (Å²) >= 11 is 0. The number of hydrogen-bond acceptors (Lipinski definition) is 6. The zero-order valence-corrected chi connectivity index (χ0v) is 21.5. The number of amides is 1. The maximum Gasteiger partial charge on any atom is 0.258 e. The molecule has 6 aliphatic rings. The quantitative estimate of drug-likeness (QED) is 0.432. The van der Waals surface area contributed by atoms with Gasteiger partial charge in [-0.3, -0.25) is 20.9 Å². The average Bonchev–Trinajstić information content (AvgIpc) is 3.38. The SMILES string of the molecule is CC1NN2CCNC(NC34CC(C3)[C@@H](NC(=O)COc3ccc(F)cc3)C4)C2C1C1CCCCCC1. The number of rotatable bonds is 7. The van der Waals surface area contributed by atoms with Crippen LogP contribution in [0.2, 0.25) is 0 Å². The van der Waals surface area contributed by atoms with Crippen molar-refractivity contribution >= 4 is 5.91 Å². The van der Waals surface area contributed by atoms with E-state index in [0.717, 1.165) is 38.3 Å². The molecule has 2 aliphatic heterocycles. The van der Waals surface area contributed by atoms with Crippen LogP contribution >= 0.6 is 0 Å². The predicted octanol–water partition coefficient (Wildman–Crippen LogP) is 2.92. The Bertz CT molecular complexity index is 915. The van der Waals surface area contributed by atoms with E-state index in [0.29, 0.717) is 29.7 Å². The number of carbonyl (C=O) groups excluding carboxylic acids is 1. The zero-order chi connectivity index (χ0) is 24.7. The van der Waals surface area contributed by atoms with E-state index in [1.807, 2.05) is 0 Å². The molecule has 4 saturated carbocycles. The molecule has 0 spiro atoms. The molecule has 7 rings (SSSR count). The first-order valence-electron chi connectivity index (χ1n) is 14.2. The minimum atomic E-state index is -0.311. The van der Waals surface area contributed by atoms with Crippen LogP contribution in [0.5, 0.6) is 5.75 Å². The monoisotopic (exact) mass is 499 g/mol. The highest BCUT2D eigenvalue weighted by molar-refractivity contribution is 5.78. The predicted molar refractivity (Wildman–Crippen MR) is 137 cm³/mol. The third-order valence-electron chi connectivity index (χ3n) is 9.68. The molecule has 2 saturated heterocycles. The Hall–Kier alpha value is -1.74. The number of nitrogens with zero attached hydrogens (tertiary/aromatic N) is 1. The van der Waals surface area contributed by atoms with Crippen LogP contribution in [0.15, 0.2) is 24.3 Å². The van der Waals surface area contributed by atoms with E-state index in [-0.39, 0.29) is 36.1 Å². The standard InChI is InChI=1S/C28H42FN5O2/c1-18-25(19-6-4-2-3-5-7-19)26-27(30-12-13-34(26)33-18)32-28-14-20(15-28)23(16-28)31-24(35)17-36-22-10-8-21(29)9-11-22/h8-11,18-20,23,25-27,30,32-33H,2-7,12-17H2,1H3,(H,31,35)/t18?,20?,23-,25?,26?,27?,28?/m0/s1. The molecule has 4 unspecified atom stereocenters. The van der Waals surface area contributed by atoms with Gasteiger partial charge < -0.3 is 10.1 Å². The minimum absolute atomic E-state index is 0.0386. The second-order valence-corrected chi connectivity index (χ2v) is 12.1. The van der Waals surface area contributed by atoms with Crippen LogP contribution in [0.3, 0.4) is 0 Å². The van der Waals surface area contributed by atoms with Gasteiger partial charge in [0.2, 0.25) is 0 Å². The molecular formula is C28H42FN5O2. The van der Waals surface area contributed by atoms with Crippen LogP contribution in [0.1, 0.15) is 64.7 Å². The van der Waals surface area contributed by atoms with Crippen molar-refractivity contribution in [2.75, 3.05) is 19.7 Å². The number of halogens is 1. The van der Waals surface area contributed by atoms with Gasteiger partial charge in [-0.05, 0) is 68.2 Å². The van der Waals surface area contributed by atoms with Gasteiger partial charge in [0.15, 0.2) is 6.61 Å². The van der Waals surface area contributed by atoms with Crippen LogP contribution in [0.25, 0.3) is 0 Å². The summed E-state index contributed by atoms with van der Waals surface area (Å²) in [4.78, 5) is 12.6. The van der Waals surface area contributed by atoms with E-state index in [2.05, 4.69) is 33.3 Å². The number of carbonyl (C=O) groups is 1. The molecule has 4 aliphatic carbocycles. The van der Waals surface area contributed by atoms with Crippen molar-refractivity contribution in [3.63, 3.8) is 0 Å². The molecule has 198 valence electrons. The maximum absolute atomic E-state index is 13.1. The van der Waals surface area contributed by atoms with Gasteiger partial charge in [-0.1, -0.05) is 38.5 Å². The molecule has 2 bridgehead atoms.